The molecule has 0 bridgehead atoms. The monoisotopic (exact) mass is 382 g/mol. The van der Waals surface area contributed by atoms with E-state index in [9.17, 15) is 14.7 Å². The first kappa shape index (κ1) is 19.0. The molecule has 1 N–H and O–H groups in total. The van der Waals surface area contributed by atoms with Crippen molar-refractivity contribution < 1.29 is 28.5 Å². The maximum atomic E-state index is 12.0. The number of benzene rings is 2. The Kier molecular flexibility index (Phi) is 5.64. The lowest BCUT2D eigenvalue weighted by atomic mass is 10.1. The summed E-state index contributed by atoms with van der Waals surface area (Å²) in [6.45, 7) is -0.0868. The molecule has 7 nitrogen and oxygen atoms in total. The number of fused-ring (bicyclic) bond motifs is 1. The SMILES string of the molecule is COc1ccc2c(COC(=O)/C=C/c3ccc(O)c(OC)c3)cc(=O)oc2c1. The third-order valence-electron chi connectivity index (χ3n) is 4.02. The van der Waals surface area contributed by atoms with E-state index in [0.717, 1.165) is 0 Å². The molecule has 0 aliphatic heterocycles. The van der Waals surface area contributed by atoms with E-state index in [1.165, 1.54) is 38.5 Å². The van der Waals surface area contributed by atoms with Gasteiger partial charge in [-0.05, 0) is 35.9 Å². The minimum atomic E-state index is -0.582. The predicted octanol–water partition coefficient (Wildman–Crippen LogP) is 3.27. The Morgan fingerprint density at radius 2 is 1.93 bits per heavy atom. The summed E-state index contributed by atoms with van der Waals surface area (Å²) in [6, 6.07) is 11.0. The van der Waals surface area contributed by atoms with Crippen LogP contribution in [0.15, 0.2) is 57.8 Å². The second-order valence-corrected chi connectivity index (χ2v) is 5.83. The quantitative estimate of drug-likeness (QED) is 0.397. The largest absolute Gasteiger partial charge is 0.504 e. The Bertz CT molecular complexity index is 1100. The van der Waals surface area contributed by atoms with Crippen LogP contribution in [0.4, 0.5) is 0 Å². The van der Waals surface area contributed by atoms with E-state index >= 15 is 0 Å². The average Bonchev–Trinajstić information content (AvgIpc) is 2.70. The number of rotatable bonds is 6. The maximum absolute atomic E-state index is 12.0. The van der Waals surface area contributed by atoms with Crippen LogP contribution in [-0.4, -0.2) is 25.3 Å². The van der Waals surface area contributed by atoms with Crippen molar-refractivity contribution >= 4 is 23.0 Å². The van der Waals surface area contributed by atoms with Gasteiger partial charge in [0.1, 0.15) is 17.9 Å². The van der Waals surface area contributed by atoms with E-state index in [1.807, 2.05) is 0 Å². The summed E-state index contributed by atoms with van der Waals surface area (Å²) in [4.78, 5) is 23.8. The Morgan fingerprint density at radius 3 is 2.68 bits per heavy atom. The summed E-state index contributed by atoms with van der Waals surface area (Å²) in [5, 5.41) is 10.2. The molecule has 0 aliphatic rings. The zero-order valence-corrected chi connectivity index (χ0v) is 15.3. The number of carbonyl (C=O) groups is 1. The van der Waals surface area contributed by atoms with Crippen molar-refractivity contribution in [3.8, 4) is 17.2 Å². The number of hydrogen-bond acceptors (Lipinski definition) is 7. The van der Waals surface area contributed by atoms with Gasteiger partial charge in [-0.25, -0.2) is 9.59 Å². The van der Waals surface area contributed by atoms with Gasteiger partial charge >= 0.3 is 11.6 Å². The first-order valence-corrected chi connectivity index (χ1v) is 8.33. The lowest BCUT2D eigenvalue weighted by molar-refractivity contribution is -0.138. The molecule has 0 aliphatic carbocycles. The fourth-order valence-corrected chi connectivity index (χ4v) is 2.62. The molecule has 2 aromatic carbocycles. The summed E-state index contributed by atoms with van der Waals surface area (Å²) in [5.41, 5.74) is 0.995. The Labute approximate surface area is 160 Å². The van der Waals surface area contributed by atoms with Crippen molar-refractivity contribution in [3.05, 3.63) is 70.1 Å². The summed E-state index contributed by atoms with van der Waals surface area (Å²) in [7, 11) is 2.95. The number of phenols is 1. The number of hydrogen-bond donors (Lipinski definition) is 1. The molecular formula is C21H18O7. The minimum absolute atomic E-state index is 0.00800. The van der Waals surface area contributed by atoms with Crippen LogP contribution in [0.2, 0.25) is 0 Å². The highest BCUT2D eigenvalue weighted by Gasteiger charge is 2.09. The molecule has 7 heteroatoms. The van der Waals surface area contributed by atoms with Gasteiger partial charge in [-0.15, -0.1) is 0 Å². The van der Waals surface area contributed by atoms with Crippen molar-refractivity contribution in [2.45, 2.75) is 6.61 Å². The molecule has 1 heterocycles. The smallest absolute Gasteiger partial charge is 0.336 e. The lowest BCUT2D eigenvalue weighted by Crippen LogP contribution is -2.05. The van der Waals surface area contributed by atoms with Crippen LogP contribution in [0.3, 0.4) is 0 Å². The molecule has 0 unspecified atom stereocenters. The lowest BCUT2D eigenvalue weighted by Gasteiger charge is -2.07. The van der Waals surface area contributed by atoms with Gasteiger partial charge in [0.15, 0.2) is 11.5 Å². The van der Waals surface area contributed by atoms with Crippen LogP contribution in [0.5, 0.6) is 17.2 Å². The van der Waals surface area contributed by atoms with Crippen LogP contribution >= 0.6 is 0 Å². The summed E-state index contributed by atoms with van der Waals surface area (Å²) >= 11 is 0. The standard InChI is InChI=1S/C21H18O7/c1-25-15-5-6-16-14(10-21(24)28-18(16)11-15)12-27-20(23)8-4-13-3-7-17(22)19(9-13)26-2/h3-11,22H,12H2,1-2H3/b8-4+. The fraction of sp³-hybridized carbons (Fsp3) is 0.143. The Morgan fingerprint density at radius 1 is 1.11 bits per heavy atom. The molecule has 0 spiro atoms. The molecule has 0 fully saturated rings. The van der Waals surface area contributed by atoms with Gasteiger partial charge in [-0.2, -0.15) is 0 Å². The molecule has 0 amide bonds. The first-order valence-electron chi connectivity index (χ1n) is 8.33. The van der Waals surface area contributed by atoms with Crippen molar-refractivity contribution in [2.24, 2.45) is 0 Å². The van der Waals surface area contributed by atoms with Crippen molar-refractivity contribution in [1.29, 1.82) is 0 Å². The third-order valence-corrected chi connectivity index (χ3v) is 4.02. The number of methoxy groups -OCH3 is 2. The maximum Gasteiger partial charge on any atom is 0.336 e. The molecule has 0 saturated heterocycles. The van der Waals surface area contributed by atoms with Crippen LogP contribution in [0.25, 0.3) is 17.0 Å². The van der Waals surface area contributed by atoms with E-state index in [4.69, 9.17) is 18.6 Å². The van der Waals surface area contributed by atoms with Crippen molar-refractivity contribution in [3.63, 3.8) is 0 Å². The van der Waals surface area contributed by atoms with Gasteiger partial charge < -0.3 is 23.7 Å². The predicted molar refractivity (Wildman–Crippen MR) is 103 cm³/mol. The van der Waals surface area contributed by atoms with Gasteiger partial charge in [-0.1, -0.05) is 6.07 Å². The molecule has 0 atom stereocenters. The van der Waals surface area contributed by atoms with E-state index in [1.54, 1.807) is 30.3 Å². The second kappa shape index (κ2) is 8.30. The zero-order valence-electron chi connectivity index (χ0n) is 15.3. The van der Waals surface area contributed by atoms with Gasteiger partial charge in [0, 0.05) is 29.2 Å². The van der Waals surface area contributed by atoms with Crippen molar-refractivity contribution in [1.82, 2.24) is 0 Å². The van der Waals surface area contributed by atoms with Gasteiger partial charge in [0.2, 0.25) is 0 Å². The van der Waals surface area contributed by atoms with Crippen LogP contribution in [0, 0.1) is 0 Å². The summed E-state index contributed by atoms with van der Waals surface area (Å²) < 4.78 is 20.5. The molecule has 144 valence electrons. The topological polar surface area (TPSA) is 95.2 Å². The molecule has 1 aromatic heterocycles. The van der Waals surface area contributed by atoms with Crippen LogP contribution in [-0.2, 0) is 16.1 Å². The highest BCUT2D eigenvalue weighted by molar-refractivity contribution is 5.87. The number of carbonyl (C=O) groups excluding carboxylic acids is 1. The molecule has 28 heavy (non-hydrogen) atoms. The Balaban J connectivity index is 1.73. The molecule has 3 rings (SSSR count). The summed E-state index contributed by atoms with van der Waals surface area (Å²) in [6.07, 6.45) is 2.79. The fourth-order valence-electron chi connectivity index (χ4n) is 2.62. The normalized spacial score (nSPS) is 10.9. The Hall–Kier alpha value is -3.74. The second-order valence-electron chi connectivity index (χ2n) is 5.83. The minimum Gasteiger partial charge on any atom is -0.504 e. The summed E-state index contributed by atoms with van der Waals surface area (Å²) in [5.74, 6) is 0.279. The molecule has 0 radical (unpaired) electrons. The number of phenolic OH excluding ortho intramolecular Hbond substituents is 1. The number of ether oxygens (including phenoxy) is 3. The van der Waals surface area contributed by atoms with E-state index in [-0.39, 0.29) is 12.4 Å². The zero-order chi connectivity index (χ0) is 20.1. The van der Waals surface area contributed by atoms with Crippen LogP contribution in [0.1, 0.15) is 11.1 Å². The van der Waals surface area contributed by atoms with Crippen LogP contribution < -0.4 is 15.1 Å². The molecule has 3 aromatic rings. The average molecular weight is 382 g/mol. The number of aromatic hydroxyl groups is 1. The first-order chi connectivity index (χ1) is 13.5. The van der Waals surface area contributed by atoms with Gasteiger partial charge in [0.25, 0.3) is 0 Å². The van der Waals surface area contributed by atoms with E-state index < -0.39 is 11.6 Å². The van der Waals surface area contributed by atoms with E-state index in [0.29, 0.717) is 33.6 Å². The van der Waals surface area contributed by atoms with E-state index in [2.05, 4.69) is 0 Å². The highest BCUT2D eigenvalue weighted by atomic mass is 16.5. The van der Waals surface area contributed by atoms with Gasteiger partial charge in [0.05, 0.1) is 14.2 Å². The molecule has 0 saturated carbocycles. The number of esters is 1. The van der Waals surface area contributed by atoms with Gasteiger partial charge in [-0.3, -0.25) is 0 Å². The highest BCUT2D eigenvalue weighted by Crippen LogP contribution is 2.27. The third kappa shape index (κ3) is 4.32. The molecular weight excluding hydrogens is 364 g/mol. The van der Waals surface area contributed by atoms with Crippen molar-refractivity contribution in [2.75, 3.05) is 14.2 Å².